The number of benzene rings is 1. The van der Waals surface area contributed by atoms with Crippen molar-refractivity contribution in [1.82, 2.24) is 0 Å². The van der Waals surface area contributed by atoms with E-state index in [9.17, 15) is 9.59 Å². The summed E-state index contributed by atoms with van der Waals surface area (Å²) in [6.07, 6.45) is -0.444. The monoisotopic (exact) mass is 252 g/mol. The standard InChI is InChI=1S/C13H16O5/c1-8-4-3-5-11(9(8)2)18-7-10(13(16)17)6-12(14)15/h3-5,10H,6-7H2,1-2H3,(H,14,15)(H,16,17). The first kappa shape index (κ1) is 14.0. The first-order chi connectivity index (χ1) is 8.41. The lowest BCUT2D eigenvalue weighted by molar-refractivity contribution is -0.149. The van der Waals surface area contributed by atoms with E-state index in [1.54, 1.807) is 6.07 Å². The molecule has 5 heteroatoms. The van der Waals surface area contributed by atoms with Crippen LogP contribution in [0.25, 0.3) is 0 Å². The van der Waals surface area contributed by atoms with E-state index >= 15 is 0 Å². The molecule has 98 valence electrons. The summed E-state index contributed by atoms with van der Waals surface area (Å²) in [5.41, 5.74) is 1.97. The quantitative estimate of drug-likeness (QED) is 0.807. The van der Waals surface area contributed by atoms with Gasteiger partial charge in [0.15, 0.2) is 0 Å². The summed E-state index contributed by atoms with van der Waals surface area (Å²) in [4.78, 5) is 21.4. The van der Waals surface area contributed by atoms with Crippen molar-refractivity contribution in [3.63, 3.8) is 0 Å². The van der Waals surface area contributed by atoms with Crippen LogP contribution in [-0.4, -0.2) is 28.8 Å². The fourth-order valence-corrected chi connectivity index (χ4v) is 1.50. The Hall–Kier alpha value is -2.04. The molecule has 0 fully saturated rings. The van der Waals surface area contributed by atoms with Crippen LogP contribution in [0.5, 0.6) is 5.75 Å². The third kappa shape index (κ3) is 3.76. The van der Waals surface area contributed by atoms with Crippen LogP contribution in [0, 0.1) is 19.8 Å². The second-order valence-corrected chi connectivity index (χ2v) is 4.14. The van der Waals surface area contributed by atoms with E-state index in [4.69, 9.17) is 14.9 Å². The molecule has 0 bridgehead atoms. The van der Waals surface area contributed by atoms with Gasteiger partial charge in [0.1, 0.15) is 18.3 Å². The van der Waals surface area contributed by atoms with Crippen LogP contribution < -0.4 is 4.74 Å². The average molecular weight is 252 g/mol. The smallest absolute Gasteiger partial charge is 0.310 e. The van der Waals surface area contributed by atoms with Crippen LogP contribution in [0.4, 0.5) is 0 Å². The largest absolute Gasteiger partial charge is 0.492 e. The van der Waals surface area contributed by atoms with Crippen LogP contribution in [0.15, 0.2) is 18.2 Å². The highest BCUT2D eigenvalue weighted by atomic mass is 16.5. The van der Waals surface area contributed by atoms with Gasteiger partial charge in [-0.05, 0) is 31.0 Å². The number of ether oxygens (including phenoxy) is 1. The summed E-state index contributed by atoms with van der Waals surface area (Å²) in [5, 5.41) is 17.5. The maximum atomic E-state index is 10.9. The molecular weight excluding hydrogens is 236 g/mol. The minimum Gasteiger partial charge on any atom is -0.492 e. The summed E-state index contributed by atoms with van der Waals surface area (Å²) in [6.45, 7) is 3.65. The minimum atomic E-state index is -1.16. The van der Waals surface area contributed by atoms with E-state index in [1.807, 2.05) is 26.0 Å². The summed E-state index contributed by atoms with van der Waals surface area (Å²) in [5.74, 6) is -2.76. The summed E-state index contributed by atoms with van der Waals surface area (Å²) >= 11 is 0. The van der Waals surface area contributed by atoms with Crippen LogP contribution in [0.2, 0.25) is 0 Å². The third-order valence-corrected chi connectivity index (χ3v) is 2.77. The van der Waals surface area contributed by atoms with Crippen LogP contribution in [0.3, 0.4) is 0 Å². The normalized spacial score (nSPS) is 11.9. The molecule has 18 heavy (non-hydrogen) atoms. The molecule has 0 amide bonds. The summed E-state index contributed by atoms with van der Waals surface area (Å²) in [7, 11) is 0. The lowest BCUT2D eigenvalue weighted by atomic mass is 10.1. The van der Waals surface area contributed by atoms with Gasteiger partial charge in [-0.1, -0.05) is 12.1 Å². The highest BCUT2D eigenvalue weighted by Crippen LogP contribution is 2.21. The van der Waals surface area contributed by atoms with E-state index in [0.29, 0.717) is 5.75 Å². The Morgan fingerprint density at radius 1 is 1.28 bits per heavy atom. The molecule has 0 aliphatic rings. The van der Waals surface area contributed by atoms with Gasteiger partial charge < -0.3 is 14.9 Å². The minimum absolute atomic E-state index is 0.147. The maximum absolute atomic E-state index is 10.9. The first-order valence-corrected chi connectivity index (χ1v) is 5.55. The molecule has 1 atom stereocenters. The van der Waals surface area contributed by atoms with Gasteiger partial charge in [0.05, 0.1) is 6.42 Å². The zero-order valence-corrected chi connectivity index (χ0v) is 10.3. The lowest BCUT2D eigenvalue weighted by Crippen LogP contribution is -2.24. The topological polar surface area (TPSA) is 83.8 Å². The Kier molecular flexibility index (Phi) is 4.71. The molecule has 1 unspecified atom stereocenters. The predicted octanol–water partition coefficient (Wildman–Crippen LogP) is 1.86. The number of hydrogen-bond acceptors (Lipinski definition) is 3. The maximum Gasteiger partial charge on any atom is 0.310 e. The molecule has 5 nitrogen and oxygen atoms in total. The molecule has 1 aromatic carbocycles. The van der Waals surface area contributed by atoms with Gasteiger partial charge in [-0.2, -0.15) is 0 Å². The number of carbonyl (C=O) groups is 2. The fraction of sp³-hybridized carbons (Fsp3) is 0.385. The highest BCUT2D eigenvalue weighted by Gasteiger charge is 2.22. The molecule has 1 rings (SSSR count). The van der Waals surface area contributed by atoms with E-state index in [1.165, 1.54) is 0 Å². The van der Waals surface area contributed by atoms with E-state index in [0.717, 1.165) is 11.1 Å². The summed E-state index contributed by atoms with van der Waals surface area (Å²) in [6, 6.07) is 5.47. The molecule has 0 saturated heterocycles. The van der Waals surface area contributed by atoms with E-state index in [-0.39, 0.29) is 6.61 Å². The van der Waals surface area contributed by atoms with Gasteiger partial charge in [-0.25, -0.2) is 0 Å². The lowest BCUT2D eigenvalue weighted by Gasteiger charge is -2.14. The number of hydrogen-bond donors (Lipinski definition) is 2. The Bertz CT molecular complexity index is 453. The van der Waals surface area contributed by atoms with E-state index in [2.05, 4.69) is 0 Å². The number of carboxylic acids is 2. The molecular formula is C13H16O5. The zero-order valence-electron chi connectivity index (χ0n) is 10.3. The molecule has 0 saturated carbocycles. The number of carboxylic acid groups (broad SMARTS) is 2. The van der Waals surface area contributed by atoms with Gasteiger partial charge >= 0.3 is 11.9 Å². The van der Waals surface area contributed by atoms with Crippen LogP contribution in [-0.2, 0) is 9.59 Å². The molecule has 1 aromatic rings. The second kappa shape index (κ2) is 6.05. The second-order valence-electron chi connectivity index (χ2n) is 4.14. The summed E-state index contributed by atoms with van der Waals surface area (Å²) < 4.78 is 5.40. The van der Waals surface area contributed by atoms with Gasteiger partial charge in [-0.15, -0.1) is 0 Å². The number of aliphatic carboxylic acids is 2. The Balaban J connectivity index is 2.70. The van der Waals surface area contributed by atoms with Gasteiger partial charge in [0, 0.05) is 0 Å². The van der Waals surface area contributed by atoms with Crippen molar-refractivity contribution >= 4 is 11.9 Å². The predicted molar refractivity (Wildman–Crippen MR) is 64.8 cm³/mol. The number of rotatable bonds is 6. The SMILES string of the molecule is Cc1cccc(OCC(CC(=O)O)C(=O)O)c1C. The van der Waals surface area contributed by atoms with Crippen molar-refractivity contribution in [2.45, 2.75) is 20.3 Å². The molecule has 0 radical (unpaired) electrons. The van der Waals surface area contributed by atoms with Crippen LogP contribution >= 0.6 is 0 Å². The Morgan fingerprint density at radius 2 is 1.94 bits per heavy atom. The van der Waals surface area contributed by atoms with Gasteiger partial charge in [0.25, 0.3) is 0 Å². The molecule has 0 spiro atoms. The average Bonchev–Trinajstić information content (AvgIpc) is 2.28. The van der Waals surface area contributed by atoms with Crippen molar-refractivity contribution in [3.05, 3.63) is 29.3 Å². The van der Waals surface area contributed by atoms with Crippen molar-refractivity contribution in [1.29, 1.82) is 0 Å². The van der Waals surface area contributed by atoms with Crippen molar-refractivity contribution in [2.75, 3.05) is 6.61 Å². The Labute approximate surface area is 105 Å². The van der Waals surface area contributed by atoms with Crippen molar-refractivity contribution in [3.8, 4) is 5.75 Å². The zero-order chi connectivity index (χ0) is 13.7. The molecule has 0 aromatic heterocycles. The third-order valence-electron chi connectivity index (χ3n) is 2.77. The molecule has 2 N–H and O–H groups in total. The molecule has 0 heterocycles. The first-order valence-electron chi connectivity index (χ1n) is 5.55. The van der Waals surface area contributed by atoms with Crippen molar-refractivity contribution in [2.24, 2.45) is 5.92 Å². The van der Waals surface area contributed by atoms with Crippen LogP contribution in [0.1, 0.15) is 17.5 Å². The Morgan fingerprint density at radius 3 is 2.50 bits per heavy atom. The van der Waals surface area contributed by atoms with Crippen molar-refractivity contribution < 1.29 is 24.5 Å². The molecule has 0 aliphatic carbocycles. The molecule has 0 aliphatic heterocycles. The van der Waals surface area contributed by atoms with Gasteiger partial charge in [-0.3, -0.25) is 9.59 Å². The highest BCUT2D eigenvalue weighted by molar-refractivity contribution is 5.77. The number of aryl methyl sites for hydroxylation is 1. The van der Waals surface area contributed by atoms with E-state index < -0.39 is 24.3 Å². The van der Waals surface area contributed by atoms with Gasteiger partial charge in [0.2, 0.25) is 0 Å². The fourth-order valence-electron chi connectivity index (χ4n) is 1.50.